The van der Waals surface area contributed by atoms with Crippen molar-refractivity contribution >= 4 is 23.2 Å². The van der Waals surface area contributed by atoms with Crippen molar-refractivity contribution in [3.63, 3.8) is 0 Å². The molecular weight excluding hydrogens is 376 g/mol. The SMILES string of the molecule is O=C(Nc1ccccc1Cc1nc(-c2ccncc2)no1)c1ccc(Cl)cc1. The van der Waals surface area contributed by atoms with E-state index < -0.39 is 0 Å². The van der Waals surface area contributed by atoms with Crippen molar-refractivity contribution in [2.24, 2.45) is 0 Å². The van der Waals surface area contributed by atoms with Gasteiger partial charge in [-0.05, 0) is 48.0 Å². The maximum Gasteiger partial charge on any atom is 0.255 e. The second kappa shape index (κ2) is 8.02. The number of nitrogens with one attached hydrogen (secondary N) is 1. The molecule has 0 aliphatic rings. The van der Waals surface area contributed by atoms with Crippen LogP contribution in [-0.2, 0) is 6.42 Å². The van der Waals surface area contributed by atoms with Crippen molar-refractivity contribution in [3.05, 3.63) is 95.1 Å². The lowest BCUT2D eigenvalue weighted by Crippen LogP contribution is -2.13. The minimum Gasteiger partial charge on any atom is -0.339 e. The first-order valence-electron chi connectivity index (χ1n) is 8.57. The molecule has 4 aromatic rings. The number of pyridine rings is 1. The average Bonchev–Trinajstić information content (AvgIpc) is 3.19. The van der Waals surface area contributed by atoms with Crippen LogP contribution in [0.4, 0.5) is 5.69 Å². The fourth-order valence-corrected chi connectivity index (χ4v) is 2.83. The third kappa shape index (κ3) is 4.07. The van der Waals surface area contributed by atoms with E-state index in [1.54, 1.807) is 36.7 Å². The number of benzene rings is 2. The van der Waals surface area contributed by atoms with Gasteiger partial charge in [-0.25, -0.2) is 0 Å². The van der Waals surface area contributed by atoms with Crippen LogP contribution in [0.2, 0.25) is 5.02 Å². The highest BCUT2D eigenvalue weighted by atomic mass is 35.5. The second-order valence-corrected chi connectivity index (χ2v) is 6.48. The minimum atomic E-state index is -0.216. The number of aromatic nitrogens is 3. The Bertz CT molecular complexity index is 1090. The van der Waals surface area contributed by atoms with E-state index in [1.165, 1.54) is 0 Å². The fraction of sp³-hybridized carbons (Fsp3) is 0.0476. The number of para-hydroxylation sites is 1. The Morgan fingerprint density at radius 1 is 1.00 bits per heavy atom. The zero-order chi connectivity index (χ0) is 19.3. The summed E-state index contributed by atoms with van der Waals surface area (Å²) in [6.45, 7) is 0. The van der Waals surface area contributed by atoms with Gasteiger partial charge < -0.3 is 9.84 Å². The molecule has 0 atom stereocenters. The molecule has 2 aromatic carbocycles. The lowest BCUT2D eigenvalue weighted by Gasteiger charge is -2.10. The summed E-state index contributed by atoms with van der Waals surface area (Å²) in [4.78, 5) is 20.9. The number of anilines is 1. The molecule has 0 saturated carbocycles. The summed E-state index contributed by atoms with van der Waals surface area (Å²) in [6, 6.07) is 17.9. The first-order chi connectivity index (χ1) is 13.7. The highest BCUT2D eigenvalue weighted by molar-refractivity contribution is 6.30. The molecule has 2 heterocycles. The van der Waals surface area contributed by atoms with Crippen molar-refractivity contribution < 1.29 is 9.32 Å². The van der Waals surface area contributed by atoms with Crippen molar-refractivity contribution in [3.8, 4) is 11.4 Å². The van der Waals surface area contributed by atoms with E-state index in [4.69, 9.17) is 16.1 Å². The van der Waals surface area contributed by atoms with E-state index in [2.05, 4.69) is 20.4 Å². The molecule has 0 aliphatic carbocycles. The highest BCUT2D eigenvalue weighted by Crippen LogP contribution is 2.21. The third-order valence-corrected chi connectivity index (χ3v) is 4.37. The molecule has 0 aliphatic heterocycles. The summed E-state index contributed by atoms with van der Waals surface area (Å²) in [7, 11) is 0. The molecule has 0 spiro atoms. The van der Waals surface area contributed by atoms with Crippen LogP contribution < -0.4 is 5.32 Å². The maximum absolute atomic E-state index is 12.5. The lowest BCUT2D eigenvalue weighted by atomic mass is 10.1. The second-order valence-electron chi connectivity index (χ2n) is 6.04. The van der Waals surface area contributed by atoms with Gasteiger partial charge in [0, 0.05) is 34.2 Å². The number of rotatable bonds is 5. The van der Waals surface area contributed by atoms with Gasteiger partial charge in [0.05, 0.1) is 6.42 Å². The summed E-state index contributed by atoms with van der Waals surface area (Å²) < 4.78 is 5.37. The molecule has 0 saturated heterocycles. The Kier molecular flexibility index (Phi) is 5.12. The molecule has 0 bridgehead atoms. The zero-order valence-corrected chi connectivity index (χ0v) is 15.4. The van der Waals surface area contributed by atoms with Crippen molar-refractivity contribution in [1.29, 1.82) is 0 Å². The van der Waals surface area contributed by atoms with Crippen LogP contribution >= 0.6 is 11.6 Å². The predicted molar refractivity (Wildman–Crippen MR) is 106 cm³/mol. The summed E-state index contributed by atoms with van der Waals surface area (Å²) in [5, 5.41) is 7.52. The van der Waals surface area contributed by atoms with Gasteiger partial charge >= 0.3 is 0 Å². The topological polar surface area (TPSA) is 80.9 Å². The molecule has 1 N–H and O–H groups in total. The largest absolute Gasteiger partial charge is 0.339 e. The van der Waals surface area contributed by atoms with Gasteiger partial charge in [0.25, 0.3) is 5.91 Å². The van der Waals surface area contributed by atoms with Gasteiger partial charge in [0.2, 0.25) is 11.7 Å². The predicted octanol–water partition coefficient (Wildman–Crippen LogP) is 4.63. The van der Waals surface area contributed by atoms with Crippen LogP contribution in [-0.4, -0.2) is 21.0 Å². The van der Waals surface area contributed by atoms with Crippen LogP contribution in [0.1, 0.15) is 21.8 Å². The number of nitrogens with zero attached hydrogens (tertiary/aromatic N) is 3. The molecule has 138 valence electrons. The number of carbonyl (C=O) groups is 1. The molecule has 2 aromatic heterocycles. The summed E-state index contributed by atoms with van der Waals surface area (Å²) in [6.07, 6.45) is 3.75. The average molecular weight is 391 g/mol. The fourth-order valence-electron chi connectivity index (χ4n) is 2.70. The molecule has 6 nitrogen and oxygen atoms in total. The minimum absolute atomic E-state index is 0.216. The molecule has 4 rings (SSSR count). The number of hydrogen-bond donors (Lipinski definition) is 1. The Morgan fingerprint density at radius 2 is 1.75 bits per heavy atom. The van der Waals surface area contributed by atoms with E-state index >= 15 is 0 Å². The Labute approximate surface area is 166 Å². The molecule has 28 heavy (non-hydrogen) atoms. The highest BCUT2D eigenvalue weighted by Gasteiger charge is 2.13. The van der Waals surface area contributed by atoms with Crippen LogP contribution in [0.3, 0.4) is 0 Å². The summed E-state index contributed by atoms with van der Waals surface area (Å²) in [5.41, 5.74) is 2.91. The van der Waals surface area contributed by atoms with Gasteiger partial charge in [0.1, 0.15) is 0 Å². The number of hydrogen-bond acceptors (Lipinski definition) is 5. The van der Waals surface area contributed by atoms with Crippen LogP contribution in [0, 0.1) is 0 Å². The molecule has 1 amide bonds. The first-order valence-corrected chi connectivity index (χ1v) is 8.94. The molecule has 0 unspecified atom stereocenters. The quantitative estimate of drug-likeness (QED) is 0.537. The number of halogens is 1. The van der Waals surface area contributed by atoms with Crippen LogP contribution in [0.15, 0.2) is 77.6 Å². The Hall–Kier alpha value is -3.51. The van der Waals surface area contributed by atoms with Crippen molar-refractivity contribution in [1.82, 2.24) is 15.1 Å². The van der Waals surface area contributed by atoms with E-state index in [0.717, 1.165) is 11.1 Å². The zero-order valence-electron chi connectivity index (χ0n) is 14.7. The van der Waals surface area contributed by atoms with Gasteiger partial charge in [0.15, 0.2) is 0 Å². The van der Waals surface area contributed by atoms with E-state index in [9.17, 15) is 4.79 Å². The molecule has 0 fully saturated rings. The molecular formula is C21H15ClN4O2. The van der Waals surface area contributed by atoms with Crippen LogP contribution in [0.5, 0.6) is 0 Å². The standard InChI is InChI=1S/C21H15ClN4O2/c22-17-7-5-15(6-8-17)21(27)24-18-4-2-1-3-16(18)13-19-25-20(26-28-19)14-9-11-23-12-10-14/h1-12H,13H2,(H,24,27). The number of amides is 1. The summed E-state index contributed by atoms with van der Waals surface area (Å²) in [5.74, 6) is 0.743. The molecule has 7 heteroatoms. The van der Waals surface area contributed by atoms with Gasteiger partial charge in [-0.3, -0.25) is 9.78 Å². The summed E-state index contributed by atoms with van der Waals surface area (Å²) >= 11 is 5.88. The lowest BCUT2D eigenvalue weighted by molar-refractivity contribution is 0.102. The smallest absolute Gasteiger partial charge is 0.255 e. The van der Waals surface area contributed by atoms with Crippen molar-refractivity contribution in [2.75, 3.05) is 5.32 Å². The van der Waals surface area contributed by atoms with E-state index in [0.29, 0.717) is 34.4 Å². The van der Waals surface area contributed by atoms with E-state index in [-0.39, 0.29) is 5.91 Å². The molecule has 0 radical (unpaired) electrons. The van der Waals surface area contributed by atoms with Gasteiger partial charge in [-0.15, -0.1) is 0 Å². The first kappa shape index (κ1) is 17.9. The monoisotopic (exact) mass is 390 g/mol. The van der Waals surface area contributed by atoms with Gasteiger partial charge in [-0.1, -0.05) is 35.0 Å². The van der Waals surface area contributed by atoms with Crippen molar-refractivity contribution in [2.45, 2.75) is 6.42 Å². The maximum atomic E-state index is 12.5. The Morgan fingerprint density at radius 3 is 2.54 bits per heavy atom. The van der Waals surface area contributed by atoms with Crippen LogP contribution in [0.25, 0.3) is 11.4 Å². The Balaban J connectivity index is 1.53. The third-order valence-electron chi connectivity index (χ3n) is 4.12. The number of carbonyl (C=O) groups excluding carboxylic acids is 1. The van der Waals surface area contributed by atoms with Gasteiger partial charge in [-0.2, -0.15) is 4.98 Å². The normalized spacial score (nSPS) is 10.6. The van der Waals surface area contributed by atoms with E-state index in [1.807, 2.05) is 36.4 Å².